The van der Waals surface area contributed by atoms with E-state index in [1.165, 1.54) is 8.61 Å². The molecule has 0 aromatic heterocycles. The second-order valence-corrected chi connectivity index (χ2v) is 7.05. The molecule has 18 heavy (non-hydrogen) atoms. The first-order valence-corrected chi connectivity index (χ1v) is 7.78. The summed E-state index contributed by atoms with van der Waals surface area (Å²) in [4.78, 5) is 2.21. The van der Waals surface area contributed by atoms with E-state index in [4.69, 9.17) is 5.11 Å². The maximum absolute atomic E-state index is 12.3. The summed E-state index contributed by atoms with van der Waals surface area (Å²) in [5.41, 5.74) is 0. The molecule has 0 atom stereocenters. The van der Waals surface area contributed by atoms with Gasteiger partial charge in [-0.15, -0.1) is 0 Å². The lowest BCUT2D eigenvalue weighted by Gasteiger charge is -2.36. The maximum Gasteiger partial charge on any atom is 0.281 e. The highest BCUT2D eigenvalue weighted by molar-refractivity contribution is 7.86. The number of likely N-dealkylation sites (tertiary alicyclic amines) is 1. The van der Waals surface area contributed by atoms with Crippen LogP contribution in [0.5, 0.6) is 0 Å². The highest BCUT2D eigenvalue weighted by Gasteiger charge is 2.31. The van der Waals surface area contributed by atoms with Gasteiger partial charge in [-0.2, -0.15) is 17.0 Å². The Kier molecular flexibility index (Phi) is 6.00. The first kappa shape index (κ1) is 15.8. The van der Waals surface area contributed by atoms with Gasteiger partial charge in [0, 0.05) is 33.3 Å². The van der Waals surface area contributed by atoms with E-state index in [9.17, 15) is 8.42 Å². The smallest absolute Gasteiger partial charge is 0.281 e. The van der Waals surface area contributed by atoms with Crippen molar-refractivity contribution in [3.05, 3.63) is 0 Å². The van der Waals surface area contributed by atoms with Crippen molar-refractivity contribution in [2.75, 3.05) is 47.4 Å². The number of aliphatic hydroxyl groups is 1. The number of aliphatic hydroxyl groups excluding tert-OH is 1. The predicted octanol–water partition coefficient (Wildman–Crippen LogP) is -0.429. The van der Waals surface area contributed by atoms with Gasteiger partial charge in [0.2, 0.25) is 0 Å². The third-order valence-corrected chi connectivity index (χ3v) is 5.59. The van der Waals surface area contributed by atoms with Crippen molar-refractivity contribution in [3.63, 3.8) is 0 Å². The van der Waals surface area contributed by atoms with Crippen molar-refractivity contribution in [1.29, 1.82) is 0 Å². The third kappa shape index (κ3) is 3.89. The fourth-order valence-corrected chi connectivity index (χ4v) is 3.56. The zero-order valence-electron chi connectivity index (χ0n) is 11.5. The number of piperidine rings is 1. The molecule has 0 aromatic carbocycles. The van der Waals surface area contributed by atoms with Gasteiger partial charge in [0.05, 0.1) is 0 Å². The zero-order valence-corrected chi connectivity index (χ0v) is 12.4. The summed E-state index contributed by atoms with van der Waals surface area (Å²) in [7, 11) is 1.88. The van der Waals surface area contributed by atoms with E-state index < -0.39 is 10.2 Å². The average molecular weight is 279 g/mol. The molecule has 1 heterocycles. The Morgan fingerprint density at radius 3 is 2.33 bits per heavy atom. The Hall–Kier alpha value is -0.210. The molecule has 0 aromatic rings. The predicted molar refractivity (Wildman–Crippen MR) is 71.5 cm³/mol. The highest BCUT2D eigenvalue weighted by Crippen LogP contribution is 2.18. The lowest BCUT2D eigenvalue weighted by atomic mass is 10.1. The lowest BCUT2D eigenvalue weighted by molar-refractivity contribution is 0.191. The van der Waals surface area contributed by atoms with Gasteiger partial charge >= 0.3 is 0 Å². The summed E-state index contributed by atoms with van der Waals surface area (Å²) in [5.74, 6) is 0. The van der Waals surface area contributed by atoms with E-state index in [0.29, 0.717) is 13.0 Å². The van der Waals surface area contributed by atoms with E-state index >= 15 is 0 Å². The van der Waals surface area contributed by atoms with E-state index in [2.05, 4.69) is 11.9 Å². The first-order chi connectivity index (χ1) is 8.39. The van der Waals surface area contributed by atoms with Crippen LogP contribution < -0.4 is 0 Å². The highest BCUT2D eigenvalue weighted by atomic mass is 32.2. The van der Waals surface area contributed by atoms with Crippen LogP contribution >= 0.6 is 0 Å². The molecule has 7 heteroatoms. The topological polar surface area (TPSA) is 64.1 Å². The molecule has 1 fully saturated rings. The Morgan fingerprint density at radius 1 is 1.28 bits per heavy atom. The number of nitrogens with zero attached hydrogens (tertiary/aromatic N) is 3. The number of hydrogen-bond donors (Lipinski definition) is 1. The Bertz CT molecular complexity index is 339. The minimum atomic E-state index is -3.39. The van der Waals surface area contributed by atoms with Crippen LogP contribution in [0, 0.1) is 0 Å². The standard InChI is InChI=1S/C11H25N3O3S/c1-12-8-5-11(6-9-12)14(3)18(16,17)13(2)7-4-10-15/h11,15H,4-10H2,1-3H3. The number of rotatable bonds is 6. The van der Waals surface area contributed by atoms with Gasteiger partial charge in [-0.3, -0.25) is 0 Å². The van der Waals surface area contributed by atoms with Crippen LogP contribution in [0.2, 0.25) is 0 Å². The molecule has 1 N–H and O–H groups in total. The molecule has 0 spiro atoms. The lowest BCUT2D eigenvalue weighted by Crippen LogP contribution is -2.49. The quantitative estimate of drug-likeness (QED) is 0.717. The van der Waals surface area contributed by atoms with Crippen molar-refractivity contribution in [2.45, 2.75) is 25.3 Å². The minimum absolute atomic E-state index is 0.0117. The molecule has 1 aliphatic heterocycles. The van der Waals surface area contributed by atoms with E-state index in [1.807, 2.05) is 0 Å². The Morgan fingerprint density at radius 2 is 1.83 bits per heavy atom. The second kappa shape index (κ2) is 6.81. The monoisotopic (exact) mass is 279 g/mol. The van der Waals surface area contributed by atoms with Gasteiger partial charge in [-0.1, -0.05) is 0 Å². The second-order valence-electron chi connectivity index (χ2n) is 4.96. The van der Waals surface area contributed by atoms with Crippen molar-refractivity contribution >= 4 is 10.2 Å². The third-order valence-electron chi connectivity index (χ3n) is 3.59. The molecule has 0 radical (unpaired) electrons. The molecule has 108 valence electrons. The Labute approximate surface area is 110 Å². The molecule has 0 bridgehead atoms. The van der Waals surface area contributed by atoms with Crippen LogP contribution in [0.1, 0.15) is 19.3 Å². The zero-order chi connectivity index (χ0) is 13.8. The summed E-state index contributed by atoms with van der Waals surface area (Å²) < 4.78 is 27.4. The van der Waals surface area contributed by atoms with E-state index in [-0.39, 0.29) is 12.6 Å². The van der Waals surface area contributed by atoms with Crippen molar-refractivity contribution in [1.82, 2.24) is 13.5 Å². The van der Waals surface area contributed by atoms with Crippen molar-refractivity contribution in [3.8, 4) is 0 Å². The number of hydrogen-bond acceptors (Lipinski definition) is 4. The average Bonchev–Trinajstić information content (AvgIpc) is 2.35. The fourth-order valence-electron chi connectivity index (χ4n) is 2.18. The van der Waals surface area contributed by atoms with Crippen LogP contribution in [-0.2, 0) is 10.2 Å². The normalized spacial score (nSPS) is 19.9. The van der Waals surface area contributed by atoms with Gasteiger partial charge in [0.1, 0.15) is 0 Å². The van der Waals surface area contributed by atoms with Crippen molar-refractivity contribution in [2.24, 2.45) is 0 Å². The van der Waals surface area contributed by atoms with Crippen molar-refractivity contribution < 1.29 is 13.5 Å². The Balaban J connectivity index is 2.60. The molecular weight excluding hydrogens is 254 g/mol. The molecular formula is C11H25N3O3S. The first-order valence-electron chi connectivity index (χ1n) is 6.38. The van der Waals surface area contributed by atoms with Crippen LogP contribution in [-0.4, -0.2) is 80.5 Å². The van der Waals surface area contributed by atoms with Gasteiger partial charge in [-0.25, -0.2) is 0 Å². The molecule has 1 aliphatic rings. The SMILES string of the molecule is CN1CCC(N(C)S(=O)(=O)N(C)CCCO)CC1. The molecule has 1 rings (SSSR count). The molecule has 0 amide bonds. The summed E-state index contributed by atoms with van der Waals surface area (Å²) in [6.07, 6.45) is 2.22. The van der Waals surface area contributed by atoms with Gasteiger partial charge in [0.15, 0.2) is 0 Å². The van der Waals surface area contributed by atoms with Crippen LogP contribution in [0.3, 0.4) is 0 Å². The fraction of sp³-hybridized carbons (Fsp3) is 1.00. The minimum Gasteiger partial charge on any atom is -0.396 e. The van der Waals surface area contributed by atoms with E-state index in [1.54, 1.807) is 14.1 Å². The van der Waals surface area contributed by atoms with Crippen LogP contribution in [0.15, 0.2) is 0 Å². The largest absolute Gasteiger partial charge is 0.396 e. The van der Waals surface area contributed by atoms with Gasteiger partial charge in [0.25, 0.3) is 10.2 Å². The summed E-state index contributed by atoms with van der Waals surface area (Å²) in [6.45, 7) is 2.24. The summed E-state index contributed by atoms with van der Waals surface area (Å²) in [5, 5.41) is 8.76. The van der Waals surface area contributed by atoms with Crippen LogP contribution in [0.4, 0.5) is 0 Å². The van der Waals surface area contributed by atoms with E-state index in [0.717, 1.165) is 25.9 Å². The summed E-state index contributed by atoms with van der Waals surface area (Å²) in [6, 6.07) is 0.0859. The molecule has 0 unspecified atom stereocenters. The van der Waals surface area contributed by atoms with Gasteiger partial charge in [-0.05, 0) is 39.4 Å². The molecule has 0 saturated carbocycles. The molecule has 0 aliphatic carbocycles. The molecule has 1 saturated heterocycles. The summed E-state index contributed by atoms with van der Waals surface area (Å²) >= 11 is 0. The molecule has 6 nitrogen and oxygen atoms in total. The van der Waals surface area contributed by atoms with Crippen LogP contribution in [0.25, 0.3) is 0 Å². The maximum atomic E-state index is 12.3. The van der Waals surface area contributed by atoms with Gasteiger partial charge < -0.3 is 10.0 Å².